The molecule has 0 atom stereocenters. The van der Waals surface area contributed by atoms with Crippen LogP contribution in [0.3, 0.4) is 0 Å². The number of ether oxygens (including phenoxy) is 2. The fourth-order valence-electron chi connectivity index (χ4n) is 4.26. The zero-order valence-electron chi connectivity index (χ0n) is 26.2. The first kappa shape index (κ1) is 34.4. The van der Waals surface area contributed by atoms with Crippen molar-refractivity contribution >= 4 is 47.2 Å². The van der Waals surface area contributed by atoms with Crippen LogP contribution in [0.2, 0.25) is 0 Å². The number of amidine groups is 1. The summed E-state index contributed by atoms with van der Waals surface area (Å²) >= 11 is 0. The Hall–Kier alpha value is -5.06. The van der Waals surface area contributed by atoms with Crippen molar-refractivity contribution in [1.82, 2.24) is 4.98 Å². The number of aliphatic imine (C=N–C) groups is 2. The van der Waals surface area contributed by atoms with Gasteiger partial charge in [-0.1, -0.05) is 38.3 Å². The first-order chi connectivity index (χ1) is 21.8. The molecule has 0 spiro atoms. The SMILES string of the molecule is CCCCCCOC(=O)/N=C(/N)c1ccc(NC/C=N/c2cc(C(=O)N(CCC(=O)OCC)c3ccccn3)ccc2C)cc1. The summed E-state index contributed by atoms with van der Waals surface area (Å²) in [6.45, 7) is 6.94. The number of unbranched alkanes of at least 4 members (excludes halogenated alkanes) is 3. The Morgan fingerprint density at radius 1 is 0.978 bits per heavy atom. The molecular formula is C34H42N6O5. The van der Waals surface area contributed by atoms with Crippen LogP contribution in [0.15, 0.2) is 76.8 Å². The van der Waals surface area contributed by atoms with Crippen molar-refractivity contribution in [2.45, 2.75) is 52.9 Å². The van der Waals surface area contributed by atoms with Gasteiger partial charge in [-0.15, -0.1) is 0 Å². The number of amides is 2. The van der Waals surface area contributed by atoms with E-state index >= 15 is 0 Å². The second-order valence-electron chi connectivity index (χ2n) is 10.1. The maximum absolute atomic E-state index is 13.5. The van der Waals surface area contributed by atoms with Crippen LogP contribution in [0.25, 0.3) is 0 Å². The minimum Gasteiger partial charge on any atom is -0.466 e. The number of carbonyl (C=O) groups is 3. The molecule has 1 aromatic heterocycles. The lowest BCUT2D eigenvalue weighted by Crippen LogP contribution is -2.34. The van der Waals surface area contributed by atoms with Crippen molar-refractivity contribution in [3.63, 3.8) is 0 Å². The monoisotopic (exact) mass is 614 g/mol. The maximum atomic E-state index is 13.5. The summed E-state index contributed by atoms with van der Waals surface area (Å²) in [6.07, 6.45) is 6.71. The van der Waals surface area contributed by atoms with Gasteiger partial charge in [-0.25, -0.2) is 9.78 Å². The highest BCUT2D eigenvalue weighted by Crippen LogP contribution is 2.23. The molecule has 0 aliphatic heterocycles. The van der Waals surface area contributed by atoms with E-state index in [9.17, 15) is 14.4 Å². The van der Waals surface area contributed by atoms with E-state index in [1.807, 2.05) is 25.1 Å². The number of nitrogens with one attached hydrogen (secondary N) is 1. The highest BCUT2D eigenvalue weighted by Gasteiger charge is 2.21. The van der Waals surface area contributed by atoms with E-state index in [-0.39, 0.29) is 37.3 Å². The smallest absolute Gasteiger partial charge is 0.435 e. The van der Waals surface area contributed by atoms with Crippen LogP contribution >= 0.6 is 0 Å². The van der Waals surface area contributed by atoms with Crippen molar-refractivity contribution in [1.29, 1.82) is 0 Å². The summed E-state index contributed by atoms with van der Waals surface area (Å²) in [5.41, 5.74) is 9.38. The summed E-state index contributed by atoms with van der Waals surface area (Å²) in [5.74, 6) is -0.143. The van der Waals surface area contributed by atoms with E-state index < -0.39 is 6.09 Å². The topological polar surface area (TPSA) is 149 Å². The molecule has 0 aliphatic carbocycles. The van der Waals surface area contributed by atoms with Gasteiger partial charge in [0.25, 0.3) is 5.91 Å². The van der Waals surface area contributed by atoms with Gasteiger partial charge in [-0.05, 0) is 74.4 Å². The number of anilines is 2. The molecule has 3 rings (SSSR count). The summed E-state index contributed by atoms with van der Waals surface area (Å²) in [5, 5.41) is 3.25. The van der Waals surface area contributed by atoms with E-state index in [1.54, 1.807) is 61.8 Å². The Morgan fingerprint density at radius 3 is 2.47 bits per heavy atom. The van der Waals surface area contributed by atoms with Crippen LogP contribution in [0.5, 0.6) is 0 Å². The van der Waals surface area contributed by atoms with Gasteiger partial charge in [0.2, 0.25) is 0 Å². The molecule has 3 aromatic rings. The molecule has 45 heavy (non-hydrogen) atoms. The second-order valence-corrected chi connectivity index (χ2v) is 10.1. The number of aromatic nitrogens is 1. The number of pyridine rings is 1. The van der Waals surface area contributed by atoms with E-state index in [0.29, 0.717) is 35.8 Å². The van der Waals surface area contributed by atoms with Gasteiger partial charge in [-0.2, -0.15) is 4.99 Å². The third-order valence-electron chi connectivity index (χ3n) is 6.72. The molecule has 11 nitrogen and oxygen atoms in total. The first-order valence-electron chi connectivity index (χ1n) is 15.2. The number of nitrogens with zero attached hydrogens (tertiary/aromatic N) is 4. The van der Waals surface area contributed by atoms with Crippen LogP contribution in [0, 0.1) is 6.92 Å². The van der Waals surface area contributed by atoms with Crippen LogP contribution in [0.4, 0.5) is 22.0 Å². The summed E-state index contributed by atoms with van der Waals surface area (Å²) < 4.78 is 10.2. The normalized spacial score (nSPS) is 11.3. The van der Waals surface area contributed by atoms with Gasteiger partial charge in [0.1, 0.15) is 11.7 Å². The molecule has 0 bridgehead atoms. The lowest BCUT2D eigenvalue weighted by molar-refractivity contribution is -0.142. The van der Waals surface area contributed by atoms with Crippen molar-refractivity contribution in [3.8, 4) is 0 Å². The number of esters is 1. The molecule has 2 amide bonds. The molecule has 0 saturated carbocycles. The molecule has 0 unspecified atom stereocenters. The summed E-state index contributed by atoms with van der Waals surface area (Å²) in [4.78, 5) is 51.6. The predicted octanol–water partition coefficient (Wildman–Crippen LogP) is 6.23. The molecule has 2 aromatic carbocycles. The quantitative estimate of drug-likeness (QED) is 0.0835. The second kappa shape index (κ2) is 18.6. The fourth-order valence-corrected chi connectivity index (χ4v) is 4.26. The lowest BCUT2D eigenvalue weighted by Gasteiger charge is -2.21. The van der Waals surface area contributed by atoms with Gasteiger partial charge in [0, 0.05) is 35.8 Å². The Morgan fingerprint density at radius 2 is 1.76 bits per heavy atom. The van der Waals surface area contributed by atoms with Crippen LogP contribution in [-0.2, 0) is 14.3 Å². The zero-order valence-corrected chi connectivity index (χ0v) is 26.2. The van der Waals surface area contributed by atoms with Crippen molar-refractivity contribution < 1.29 is 23.9 Å². The number of nitrogens with two attached hydrogens (primary N) is 1. The number of hydrogen-bond acceptors (Lipinski definition) is 8. The third-order valence-corrected chi connectivity index (χ3v) is 6.72. The van der Waals surface area contributed by atoms with Crippen molar-refractivity contribution in [2.24, 2.45) is 15.7 Å². The van der Waals surface area contributed by atoms with Crippen LogP contribution < -0.4 is 16.0 Å². The zero-order chi connectivity index (χ0) is 32.4. The molecule has 0 saturated heterocycles. The molecule has 0 aliphatic rings. The Balaban J connectivity index is 1.59. The predicted molar refractivity (Wildman–Crippen MR) is 178 cm³/mol. The highest BCUT2D eigenvalue weighted by molar-refractivity contribution is 6.06. The first-order valence-corrected chi connectivity index (χ1v) is 15.2. The Bertz CT molecular complexity index is 1460. The number of rotatable bonds is 16. The maximum Gasteiger partial charge on any atom is 0.435 e. The molecule has 0 radical (unpaired) electrons. The molecule has 1 heterocycles. The van der Waals surface area contributed by atoms with E-state index in [4.69, 9.17) is 15.2 Å². The van der Waals surface area contributed by atoms with Crippen molar-refractivity contribution in [2.75, 3.05) is 36.5 Å². The fraction of sp³-hybridized carbons (Fsp3) is 0.353. The minimum absolute atomic E-state index is 0.0464. The molecule has 11 heteroatoms. The Kier molecular flexibility index (Phi) is 14.2. The van der Waals surface area contributed by atoms with Gasteiger partial charge in [0.05, 0.1) is 31.9 Å². The standard InChI is InChI=1S/C34H42N6O5/c1-4-6-7-10-23-45-34(43)39-32(35)26-14-16-28(17-15-26)36-20-21-37-29-24-27(13-12-25(29)3)33(42)40(22-18-31(41)44-5-2)30-11-8-9-19-38-30/h8-9,11-17,19,21,24,36H,4-7,10,18,20,22-23H2,1-3H3,(H2,35,39,43)/b37-21+. The number of benzene rings is 2. The summed E-state index contributed by atoms with van der Waals surface area (Å²) in [6, 6.07) is 17.8. The average molecular weight is 615 g/mol. The van der Waals surface area contributed by atoms with Crippen LogP contribution in [-0.4, -0.2) is 61.3 Å². The number of aryl methyl sites for hydroxylation is 1. The van der Waals surface area contributed by atoms with Gasteiger partial charge in [-0.3, -0.25) is 19.5 Å². The van der Waals surface area contributed by atoms with E-state index in [2.05, 4.69) is 27.2 Å². The van der Waals surface area contributed by atoms with E-state index in [1.165, 1.54) is 4.90 Å². The highest BCUT2D eigenvalue weighted by atomic mass is 16.5. The lowest BCUT2D eigenvalue weighted by atomic mass is 10.1. The van der Waals surface area contributed by atoms with Gasteiger partial charge in [0.15, 0.2) is 0 Å². The Labute approximate surface area is 264 Å². The van der Waals surface area contributed by atoms with Crippen molar-refractivity contribution in [3.05, 3.63) is 83.6 Å². The molecular weight excluding hydrogens is 572 g/mol. The van der Waals surface area contributed by atoms with Gasteiger partial charge >= 0.3 is 12.1 Å². The molecule has 238 valence electrons. The van der Waals surface area contributed by atoms with Crippen LogP contribution in [0.1, 0.15) is 67.4 Å². The molecule has 0 fully saturated rings. The van der Waals surface area contributed by atoms with Gasteiger partial charge < -0.3 is 20.5 Å². The number of carbonyl (C=O) groups excluding carboxylic acids is 3. The van der Waals surface area contributed by atoms with E-state index in [0.717, 1.165) is 36.9 Å². The largest absolute Gasteiger partial charge is 0.466 e. The summed E-state index contributed by atoms with van der Waals surface area (Å²) in [7, 11) is 0. The molecule has 3 N–H and O–H groups in total. The number of hydrogen-bond donors (Lipinski definition) is 2. The minimum atomic E-state index is -0.690. The third kappa shape index (κ3) is 11.5. The average Bonchev–Trinajstić information content (AvgIpc) is 3.04.